The maximum absolute atomic E-state index is 13.8. The van der Waals surface area contributed by atoms with Crippen LogP contribution in [0, 0.1) is 17.5 Å². The summed E-state index contributed by atoms with van der Waals surface area (Å²) < 4.78 is 40.6. The zero-order valence-corrected chi connectivity index (χ0v) is 11.5. The molecule has 110 valence electrons. The Hall–Kier alpha value is -1.81. The third-order valence-electron chi connectivity index (χ3n) is 4.20. The minimum atomic E-state index is -0.950. The zero-order valence-electron chi connectivity index (χ0n) is 11.5. The molecule has 3 rings (SSSR count). The minimum absolute atomic E-state index is 0.290. The zero-order chi connectivity index (χ0) is 15.0. The first-order valence-corrected chi connectivity index (χ1v) is 7.06. The molecule has 1 unspecified atom stereocenters. The van der Waals surface area contributed by atoms with Crippen molar-refractivity contribution in [2.75, 3.05) is 0 Å². The maximum Gasteiger partial charge on any atom is 0.134 e. The third-order valence-corrected chi connectivity index (χ3v) is 4.20. The van der Waals surface area contributed by atoms with Crippen molar-refractivity contribution in [3.63, 3.8) is 0 Å². The third kappa shape index (κ3) is 2.68. The second-order valence-corrected chi connectivity index (χ2v) is 5.56. The molecule has 1 fully saturated rings. The summed E-state index contributed by atoms with van der Waals surface area (Å²) in [5.41, 5.74) is 7.50. The van der Waals surface area contributed by atoms with E-state index >= 15 is 0 Å². The molecule has 1 atom stereocenters. The highest BCUT2D eigenvalue weighted by molar-refractivity contribution is 5.37. The largest absolute Gasteiger partial charge is 0.320 e. The molecule has 4 heteroatoms. The van der Waals surface area contributed by atoms with Gasteiger partial charge in [0.15, 0.2) is 0 Å². The number of nitrogens with two attached hydrogens (primary N) is 1. The molecule has 0 saturated heterocycles. The van der Waals surface area contributed by atoms with Crippen molar-refractivity contribution < 1.29 is 13.2 Å². The minimum Gasteiger partial charge on any atom is -0.320 e. The summed E-state index contributed by atoms with van der Waals surface area (Å²) in [5, 5.41) is 0. The van der Waals surface area contributed by atoms with E-state index < -0.39 is 23.5 Å². The molecule has 2 aromatic rings. The molecule has 0 aromatic heterocycles. The topological polar surface area (TPSA) is 26.0 Å². The first kappa shape index (κ1) is 14.1. The van der Waals surface area contributed by atoms with Gasteiger partial charge in [0.25, 0.3) is 0 Å². The Kier molecular flexibility index (Phi) is 3.72. The van der Waals surface area contributed by atoms with Gasteiger partial charge in [-0.1, -0.05) is 30.7 Å². The molecule has 2 N–H and O–H groups in total. The van der Waals surface area contributed by atoms with E-state index in [0.717, 1.165) is 18.4 Å². The van der Waals surface area contributed by atoms with Gasteiger partial charge in [0.1, 0.15) is 17.5 Å². The van der Waals surface area contributed by atoms with Crippen LogP contribution in [0.3, 0.4) is 0 Å². The van der Waals surface area contributed by atoms with Crippen LogP contribution in [-0.2, 0) is 0 Å². The summed E-state index contributed by atoms with van der Waals surface area (Å²) in [6, 6.07) is 7.89. The van der Waals surface area contributed by atoms with Crippen LogP contribution in [0.5, 0.6) is 0 Å². The maximum atomic E-state index is 13.8. The Morgan fingerprint density at radius 3 is 2.24 bits per heavy atom. The van der Waals surface area contributed by atoms with Gasteiger partial charge in [0, 0.05) is 17.7 Å². The van der Waals surface area contributed by atoms with Gasteiger partial charge in [0.2, 0.25) is 0 Å². The molecule has 1 nitrogen and oxygen atoms in total. The standard InChI is InChI=1S/C17H16F3N/c18-13-8-14(19)16(15(20)9-13)17(21)12-6-2-5-11(7-12)10-3-1-4-10/h2,5-10,17H,1,3-4,21H2. The first-order valence-electron chi connectivity index (χ1n) is 7.06. The van der Waals surface area contributed by atoms with Crippen molar-refractivity contribution in [1.29, 1.82) is 0 Å². The Balaban J connectivity index is 1.96. The number of hydrogen-bond acceptors (Lipinski definition) is 1. The molecule has 0 radical (unpaired) electrons. The summed E-state index contributed by atoms with van der Waals surface area (Å²) in [6.45, 7) is 0. The lowest BCUT2D eigenvalue weighted by Gasteiger charge is -2.26. The molecule has 1 aliphatic carbocycles. The molecule has 0 spiro atoms. The van der Waals surface area contributed by atoms with E-state index in [2.05, 4.69) is 0 Å². The predicted octanol–water partition coefficient (Wildman–Crippen LogP) is 4.42. The average molecular weight is 291 g/mol. The Morgan fingerprint density at radius 2 is 1.67 bits per heavy atom. The van der Waals surface area contributed by atoms with Gasteiger partial charge in [-0.15, -0.1) is 0 Å². The lowest BCUT2D eigenvalue weighted by atomic mass is 9.79. The summed E-state index contributed by atoms with van der Waals surface area (Å²) in [6.07, 6.45) is 3.48. The molecule has 1 aliphatic rings. The Bertz CT molecular complexity index is 642. The molecular weight excluding hydrogens is 275 g/mol. The Morgan fingerprint density at radius 1 is 1.00 bits per heavy atom. The van der Waals surface area contributed by atoms with Gasteiger partial charge in [-0.25, -0.2) is 13.2 Å². The highest BCUT2D eigenvalue weighted by Crippen LogP contribution is 2.37. The van der Waals surface area contributed by atoms with Crippen LogP contribution >= 0.6 is 0 Å². The van der Waals surface area contributed by atoms with Crippen LogP contribution in [-0.4, -0.2) is 0 Å². The number of halogens is 3. The van der Waals surface area contributed by atoms with Gasteiger partial charge in [-0.2, -0.15) is 0 Å². The van der Waals surface area contributed by atoms with Crippen LogP contribution in [0.25, 0.3) is 0 Å². The number of hydrogen-bond donors (Lipinski definition) is 1. The van der Waals surface area contributed by atoms with E-state index in [4.69, 9.17) is 5.73 Å². The fourth-order valence-corrected chi connectivity index (χ4v) is 2.77. The van der Waals surface area contributed by atoms with Crippen molar-refractivity contribution in [1.82, 2.24) is 0 Å². The highest BCUT2D eigenvalue weighted by Gasteiger charge is 2.23. The number of benzene rings is 2. The summed E-state index contributed by atoms with van der Waals surface area (Å²) in [5.74, 6) is -2.33. The van der Waals surface area contributed by atoms with Gasteiger partial charge < -0.3 is 5.73 Å². The van der Waals surface area contributed by atoms with E-state index in [0.29, 0.717) is 23.6 Å². The van der Waals surface area contributed by atoms with E-state index in [9.17, 15) is 13.2 Å². The Labute approximate surface area is 121 Å². The monoisotopic (exact) mass is 291 g/mol. The van der Waals surface area contributed by atoms with E-state index in [-0.39, 0.29) is 5.56 Å². The molecule has 2 aromatic carbocycles. The van der Waals surface area contributed by atoms with E-state index in [1.807, 2.05) is 18.2 Å². The summed E-state index contributed by atoms with van der Waals surface area (Å²) >= 11 is 0. The van der Waals surface area contributed by atoms with Gasteiger partial charge in [-0.05, 0) is 29.9 Å². The average Bonchev–Trinajstić information content (AvgIpc) is 2.35. The SMILES string of the molecule is NC(c1cccc(C2CCC2)c1)c1c(F)cc(F)cc1F. The van der Waals surface area contributed by atoms with Crippen molar-refractivity contribution in [3.05, 3.63) is 70.5 Å². The lowest BCUT2D eigenvalue weighted by molar-refractivity contribution is 0.419. The van der Waals surface area contributed by atoms with Crippen molar-refractivity contribution in [3.8, 4) is 0 Å². The molecule has 21 heavy (non-hydrogen) atoms. The summed E-state index contributed by atoms with van der Waals surface area (Å²) in [7, 11) is 0. The quantitative estimate of drug-likeness (QED) is 0.890. The van der Waals surface area contributed by atoms with E-state index in [1.165, 1.54) is 6.42 Å². The number of rotatable bonds is 3. The van der Waals surface area contributed by atoms with Crippen molar-refractivity contribution in [2.45, 2.75) is 31.2 Å². The van der Waals surface area contributed by atoms with Gasteiger partial charge >= 0.3 is 0 Å². The molecular formula is C17H16F3N. The smallest absolute Gasteiger partial charge is 0.134 e. The normalized spacial score (nSPS) is 16.6. The molecule has 0 aliphatic heterocycles. The van der Waals surface area contributed by atoms with Crippen LogP contribution in [0.15, 0.2) is 36.4 Å². The molecule has 1 saturated carbocycles. The first-order chi connectivity index (χ1) is 10.1. The highest BCUT2D eigenvalue weighted by atomic mass is 19.1. The predicted molar refractivity (Wildman–Crippen MR) is 75.4 cm³/mol. The fraction of sp³-hybridized carbons (Fsp3) is 0.294. The van der Waals surface area contributed by atoms with Crippen LogP contribution in [0.4, 0.5) is 13.2 Å². The summed E-state index contributed by atoms with van der Waals surface area (Å²) in [4.78, 5) is 0. The van der Waals surface area contributed by atoms with Crippen molar-refractivity contribution >= 4 is 0 Å². The van der Waals surface area contributed by atoms with E-state index in [1.54, 1.807) is 6.07 Å². The second-order valence-electron chi connectivity index (χ2n) is 5.56. The van der Waals surface area contributed by atoms with Crippen LogP contribution in [0.2, 0.25) is 0 Å². The van der Waals surface area contributed by atoms with Crippen LogP contribution in [0.1, 0.15) is 47.9 Å². The molecule has 0 amide bonds. The fourth-order valence-electron chi connectivity index (χ4n) is 2.77. The second kappa shape index (κ2) is 5.53. The van der Waals surface area contributed by atoms with Crippen LogP contribution < -0.4 is 5.73 Å². The van der Waals surface area contributed by atoms with Gasteiger partial charge in [-0.3, -0.25) is 0 Å². The lowest BCUT2D eigenvalue weighted by Crippen LogP contribution is -2.17. The molecule has 0 heterocycles. The molecule has 0 bridgehead atoms. The van der Waals surface area contributed by atoms with Gasteiger partial charge in [0.05, 0.1) is 6.04 Å². The van der Waals surface area contributed by atoms with Crippen molar-refractivity contribution in [2.24, 2.45) is 5.73 Å².